The Kier molecular flexibility index (Phi) is 6.92. The van der Waals surface area contributed by atoms with Crippen molar-refractivity contribution in [1.82, 2.24) is 15.6 Å². The molecule has 0 aliphatic heterocycles. The van der Waals surface area contributed by atoms with Crippen LogP contribution in [0.5, 0.6) is 0 Å². The van der Waals surface area contributed by atoms with E-state index in [-0.39, 0.29) is 18.4 Å². The van der Waals surface area contributed by atoms with Crippen LogP contribution in [0.3, 0.4) is 0 Å². The van der Waals surface area contributed by atoms with Crippen LogP contribution in [0.1, 0.15) is 36.2 Å². The van der Waals surface area contributed by atoms with E-state index in [1.807, 2.05) is 6.92 Å². The highest BCUT2D eigenvalue weighted by Crippen LogP contribution is 2.06. The fraction of sp³-hybridized carbons (Fsp3) is 0.400. The van der Waals surface area contributed by atoms with Gasteiger partial charge in [0.05, 0.1) is 17.7 Å². The summed E-state index contributed by atoms with van der Waals surface area (Å²) in [7, 11) is 0. The topological polar surface area (TPSA) is 91.3 Å². The number of pyridine rings is 1. The average molecular weight is 289 g/mol. The Balaban J connectivity index is 2.83. The molecule has 0 aliphatic carbocycles. The van der Waals surface area contributed by atoms with Crippen LogP contribution in [0.4, 0.5) is 0 Å². The lowest BCUT2D eigenvalue weighted by atomic mass is 10.1. The van der Waals surface area contributed by atoms with Gasteiger partial charge in [0.1, 0.15) is 6.04 Å². The SMILES string of the molecule is CCNC(=O)C(C)NC(=O)c1ccncc1C#CCCO. The van der Waals surface area contributed by atoms with Crippen molar-refractivity contribution in [1.29, 1.82) is 0 Å². The molecule has 1 aromatic heterocycles. The molecule has 1 atom stereocenters. The zero-order valence-corrected chi connectivity index (χ0v) is 12.1. The molecule has 0 aromatic carbocycles. The molecule has 0 bridgehead atoms. The Morgan fingerprint density at radius 3 is 2.90 bits per heavy atom. The highest BCUT2D eigenvalue weighted by molar-refractivity contribution is 5.99. The second kappa shape index (κ2) is 8.72. The van der Waals surface area contributed by atoms with Crippen molar-refractivity contribution >= 4 is 11.8 Å². The first-order valence-corrected chi connectivity index (χ1v) is 6.72. The summed E-state index contributed by atoms with van der Waals surface area (Å²) < 4.78 is 0. The Bertz CT molecular complexity index is 561. The number of nitrogens with zero attached hydrogens (tertiary/aromatic N) is 1. The van der Waals surface area contributed by atoms with Crippen LogP contribution in [-0.2, 0) is 4.79 Å². The lowest BCUT2D eigenvalue weighted by Crippen LogP contribution is -2.44. The van der Waals surface area contributed by atoms with Crippen LogP contribution in [0.15, 0.2) is 18.5 Å². The number of likely N-dealkylation sites (N-methyl/N-ethyl adjacent to an activating group) is 1. The van der Waals surface area contributed by atoms with E-state index in [0.29, 0.717) is 24.1 Å². The summed E-state index contributed by atoms with van der Waals surface area (Å²) in [6.45, 7) is 3.89. The summed E-state index contributed by atoms with van der Waals surface area (Å²) in [4.78, 5) is 27.7. The first kappa shape index (κ1) is 16.7. The standard InChI is InChI=1S/C15H19N3O3/c1-3-17-14(20)11(2)18-15(21)13-7-8-16-10-12(13)6-4-5-9-19/h7-8,10-11,19H,3,5,9H2,1-2H3,(H,17,20)(H,18,21). The Hall–Kier alpha value is -2.39. The summed E-state index contributed by atoms with van der Waals surface area (Å²) in [5.41, 5.74) is 0.818. The Morgan fingerprint density at radius 1 is 1.48 bits per heavy atom. The molecule has 6 heteroatoms. The maximum Gasteiger partial charge on any atom is 0.253 e. The van der Waals surface area contributed by atoms with Gasteiger partial charge in [-0.1, -0.05) is 11.8 Å². The van der Waals surface area contributed by atoms with Gasteiger partial charge in [0.15, 0.2) is 0 Å². The third-order valence-electron chi connectivity index (χ3n) is 2.62. The lowest BCUT2D eigenvalue weighted by molar-refractivity contribution is -0.122. The van der Waals surface area contributed by atoms with E-state index in [9.17, 15) is 9.59 Å². The van der Waals surface area contributed by atoms with Crippen molar-refractivity contribution < 1.29 is 14.7 Å². The van der Waals surface area contributed by atoms with Gasteiger partial charge in [-0.3, -0.25) is 14.6 Å². The first-order chi connectivity index (χ1) is 10.1. The van der Waals surface area contributed by atoms with Gasteiger partial charge in [0.2, 0.25) is 5.91 Å². The van der Waals surface area contributed by atoms with Crippen molar-refractivity contribution in [3.63, 3.8) is 0 Å². The van der Waals surface area contributed by atoms with Crippen molar-refractivity contribution in [3.05, 3.63) is 29.6 Å². The van der Waals surface area contributed by atoms with Gasteiger partial charge in [-0.2, -0.15) is 0 Å². The van der Waals surface area contributed by atoms with E-state index in [4.69, 9.17) is 5.11 Å². The maximum atomic E-state index is 12.2. The molecular weight excluding hydrogens is 270 g/mol. The van der Waals surface area contributed by atoms with Gasteiger partial charge in [-0.15, -0.1) is 0 Å². The van der Waals surface area contributed by atoms with Gasteiger partial charge in [-0.05, 0) is 19.9 Å². The zero-order chi connectivity index (χ0) is 15.7. The van der Waals surface area contributed by atoms with Crippen LogP contribution in [-0.4, -0.2) is 41.1 Å². The molecule has 1 rings (SSSR count). The number of aromatic nitrogens is 1. The molecular formula is C15H19N3O3. The van der Waals surface area contributed by atoms with Crippen LogP contribution in [0.25, 0.3) is 0 Å². The van der Waals surface area contributed by atoms with Gasteiger partial charge in [-0.25, -0.2) is 0 Å². The minimum atomic E-state index is -0.635. The normalized spacial score (nSPS) is 11.0. The second-order valence-electron chi connectivity index (χ2n) is 4.29. The quantitative estimate of drug-likeness (QED) is 0.669. The number of aliphatic hydroxyl groups excluding tert-OH is 1. The van der Waals surface area contributed by atoms with E-state index >= 15 is 0 Å². The lowest BCUT2D eigenvalue weighted by Gasteiger charge is -2.13. The predicted molar refractivity (Wildman–Crippen MR) is 78.4 cm³/mol. The van der Waals surface area contributed by atoms with Crippen molar-refractivity contribution in [2.24, 2.45) is 0 Å². The minimum Gasteiger partial charge on any atom is -0.395 e. The van der Waals surface area contributed by atoms with Crippen molar-refractivity contribution in [3.8, 4) is 11.8 Å². The molecule has 0 aliphatic rings. The number of nitrogens with one attached hydrogen (secondary N) is 2. The first-order valence-electron chi connectivity index (χ1n) is 6.72. The Labute approximate surface area is 124 Å². The van der Waals surface area contributed by atoms with Gasteiger partial charge in [0, 0.05) is 25.4 Å². The Morgan fingerprint density at radius 2 is 2.24 bits per heavy atom. The predicted octanol–water partition coefficient (Wildman–Crippen LogP) is 0.0699. The smallest absolute Gasteiger partial charge is 0.253 e. The summed E-state index contributed by atoms with van der Waals surface area (Å²) in [5.74, 6) is 4.91. The summed E-state index contributed by atoms with van der Waals surface area (Å²) in [5, 5.41) is 14.0. The second-order valence-corrected chi connectivity index (χ2v) is 4.29. The molecule has 21 heavy (non-hydrogen) atoms. The molecule has 0 fully saturated rings. The highest BCUT2D eigenvalue weighted by atomic mass is 16.2. The summed E-state index contributed by atoms with van der Waals surface area (Å²) in [6, 6.07) is 0.909. The van der Waals surface area contributed by atoms with Crippen LogP contribution in [0, 0.1) is 11.8 Å². The van der Waals surface area contributed by atoms with E-state index in [2.05, 4.69) is 27.5 Å². The van der Waals surface area contributed by atoms with Crippen LogP contribution < -0.4 is 10.6 Å². The number of carbonyl (C=O) groups is 2. The number of hydrogen-bond acceptors (Lipinski definition) is 4. The number of rotatable bonds is 5. The molecule has 0 spiro atoms. The van der Waals surface area contributed by atoms with Crippen molar-refractivity contribution in [2.75, 3.05) is 13.2 Å². The van der Waals surface area contributed by atoms with Gasteiger partial charge in [0.25, 0.3) is 5.91 Å². The van der Waals surface area contributed by atoms with E-state index in [1.165, 1.54) is 12.4 Å². The highest BCUT2D eigenvalue weighted by Gasteiger charge is 2.17. The molecule has 1 aromatic rings. The molecule has 0 saturated carbocycles. The third kappa shape index (κ3) is 5.24. The number of carbonyl (C=O) groups excluding carboxylic acids is 2. The number of aliphatic hydroxyl groups is 1. The van der Waals surface area contributed by atoms with E-state index in [1.54, 1.807) is 13.0 Å². The number of hydrogen-bond donors (Lipinski definition) is 3. The van der Waals surface area contributed by atoms with Crippen molar-refractivity contribution in [2.45, 2.75) is 26.3 Å². The maximum absolute atomic E-state index is 12.2. The zero-order valence-electron chi connectivity index (χ0n) is 12.1. The number of amides is 2. The molecule has 1 heterocycles. The third-order valence-corrected chi connectivity index (χ3v) is 2.62. The molecule has 2 amide bonds. The monoisotopic (exact) mass is 289 g/mol. The van der Waals surface area contributed by atoms with Crippen LogP contribution >= 0.6 is 0 Å². The largest absolute Gasteiger partial charge is 0.395 e. The van der Waals surface area contributed by atoms with Gasteiger partial charge >= 0.3 is 0 Å². The van der Waals surface area contributed by atoms with E-state index in [0.717, 1.165) is 0 Å². The fourth-order valence-corrected chi connectivity index (χ4v) is 1.57. The summed E-state index contributed by atoms with van der Waals surface area (Å²) >= 11 is 0. The fourth-order valence-electron chi connectivity index (χ4n) is 1.57. The molecule has 0 saturated heterocycles. The van der Waals surface area contributed by atoms with E-state index < -0.39 is 6.04 Å². The molecule has 6 nitrogen and oxygen atoms in total. The molecule has 1 unspecified atom stereocenters. The minimum absolute atomic E-state index is 0.0387. The molecule has 112 valence electrons. The van der Waals surface area contributed by atoms with Crippen LogP contribution in [0.2, 0.25) is 0 Å². The molecule has 0 radical (unpaired) electrons. The molecule has 3 N–H and O–H groups in total. The summed E-state index contributed by atoms with van der Waals surface area (Å²) in [6.07, 6.45) is 3.30. The van der Waals surface area contributed by atoms with Gasteiger partial charge < -0.3 is 15.7 Å². The average Bonchev–Trinajstić information content (AvgIpc) is 2.48.